The molecular formula is C17H23F2NO2. The van der Waals surface area contributed by atoms with E-state index in [2.05, 4.69) is 5.32 Å². The van der Waals surface area contributed by atoms with Gasteiger partial charge in [0.1, 0.15) is 17.2 Å². The van der Waals surface area contributed by atoms with Crippen LogP contribution in [-0.2, 0) is 10.4 Å². The van der Waals surface area contributed by atoms with Gasteiger partial charge in [0, 0.05) is 17.5 Å². The summed E-state index contributed by atoms with van der Waals surface area (Å²) in [5, 5.41) is 13.1. The summed E-state index contributed by atoms with van der Waals surface area (Å²) in [6.45, 7) is 1.32. The molecule has 22 heavy (non-hydrogen) atoms. The molecule has 5 heteroatoms. The van der Waals surface area contributed by atoms with Crippen molar-refractivity contribution in [1.29, 1.82) is 0 Å². The fraction of sp³-hybridized carbons (Fsp3) is 0.588. The Hall–Kier alpha value is -1.49. The van der Waals surface area contributed by atoms with E-state index in [4.69, 9.17) is 0 Å². The molecule has 0 aromatic heterocycles. The van der Waals surface area contributed by atoms with E-state index >= 15 is 0 Å². The zero-order valence-electron chi connectivity index (χ0n) is 12.9. The summed E-state index contributed by atoms with van der Waals surface area (Å²) in [6.07, 6.45) is 6.12. The lowest BCUT2D eigenvalue weighted by Gasteiger charge is -2.26. The third-order valence-electron chi connectivity index (χ3n) is 4.34. The number of hydrogen-bond acceptors (Lipinski definition) is 2. The second kappa shape index (κ2) is 7.18. The molecule has 1 aliphatic rings. The van der Waals surface area contributed by atoms with Crippen LogP contribution in [0.5, 0.6) is 0 Å². The Morgan fingerprint density at radius 1 is 1.27 bits per heavy atom. The highest BCUT2D eigenvalue weighted by Gasteiger charge is 2.29. The maximum atomic E-state index is 13.8. The van der Waals surface area contributed by atoms with Gasteiger partial charge in [-0.25, -0.2) is 8.78 Å². The SMILES string of the molecule is CC(O)(CNC(=O)C1CCCCCC1)c1ccc(F)cc1F. The van der Waals surface area contributed by atoms with E-state index in [0.717, 1.165) is 50.7 Å². The Kier molecular flexibility index (Phi) is 5.51. The first kappa shape index (κ1) is 16.9. The summed E-state index contributed by atoms with van der Waals surface area (Å²) in [5.74, 6) is -1.63. The van der Waals surface area contributed by atoms with E-state index in [-0.39, 0.29) is 23.9 Å². The van der Waals surface area contributed by atoms with Gasteiger partial charge >= 0.3 is 0 Å². The normalized spacial score (nSPS) is 19.3. The number of benzene rings is 1. The number of carbonyl (C=O) groups excluding carboxylic acids is 1. The molecule has 1 atom stereocenters. The minimum atomic E-state index is -1.57. The molecule has 1 saturated carbocycles. The number of aliphatic hydroxyl groups is 1. The Balaban J connectivity index is 1.97. The number of hydrogen-bond donors (Lipinski definition) is 2. The fourth-order valence-electron chi connectivity index (χ4n) is 2.97. The molecule has 0 heterocycles. The predicted molar refractivity (Wildman–Crippen MR) is 80.1 cm³/mol. The summed E-state index contributed by atoms with van der Waals surface area (Å²) >= 11 is 0. The van der Waals surface area contributed by atoms with Crippen LogP contribution in [0.2, 0.25) is 0 Å². The van der Waals surface area contributed by atoms with E-state index in [1.165, 1.54) is 13.0 Å². The van der Waals surface area contributed by atoms with Crippen molar-refractivity contribution in [3.05, 3.63) is 35.4 Å². The van der Waals surface area contributed by atoms with Crippen molar-refractivity contribution in [1.82, 2.24) is 5.32 Å². The zero-order chi connectivity index (χ0) is 16.2. The molecule has 2 rings (SSSR count). The monoisotopic (exact) mass is 311 g/mol. The van der Waals surface area contributed by atoms with Gasteiger partial charge in [0.15, 0.2) is 0 Å². The fourth-order valence-corrected chi connectivity index (χ4v) is 2.97. The van der Waals surface area contributed by atoms with Crippen molar-refractivity contribution >= 4 is 5.91 Å². The molecule has 1 aromatic carbocycles. The number of halogens is 2. The summed E-state index contributed by atoms with van der Waals surface area (Å²) in [4.78, 5) is 12.2. The Morgan fingerprint density at radius 3 is 2.50 bits per heavy atom. The maximum Gasteiger partial charge on any atom is 0.223 e. The summed E-state index contributed by atoms with van der Waals surface area (Å²) in [7, 11) is 0. The van der Waals surface area contributed by atoms with Crippen LogP contribution in [0.1, 0.15) is 51.0 Å². The largest absolute Gasteiger partial charge is 0.383 e. The number of carbonyl (C=O) groups is 1. The third kappa shape index (κ3) is 4.26. The molecule has 122 valence electrons. The van der Waals surface area contributed by atoms with Crippen molar-refractivity contribution in [2.75, 3.05) is 6.54 Å². The molecular weight excluding hydrogens is 288 g/mol. The topological polar surface area (TPSA) is 49.3 Å². The van der Waals surface area contributed by atoms with E-state index in [1.807, 2.05) is 0 Å². The number of nitrogens with one attached hydrogen (secondary N) is 1. The molecule has 1 aliphatic carbocycles. The molecule has 0 saturated heterocycles. The van der Waals surface area contributed by atoms with Crippen molar-refractivity contribution in [2.24, 2.45) is 5.92 Å². The number of rotatable bonds is 4. The van der Waals surface area contributed by atoms with Gasteiger partial charge in [-0.2, -0.15) is 0 Å². The van der Waals surface area contributed by atoms with Crippen molar-refractivity contribution in [2.45, 2.75) is 51.0 Å². The van der Waals surface area contributed by atoms with Gasteiger partial charge in [-0.3, -0.25) is 4.79 Å². The zero-order valence-corrected chi connectivity index (χ0v) is 12.9. The smallest absolute Gasteiger partial charge is 0.223 e. The highest BCUT2D eigenvalue weighted by molar-refractivity contribution is 5.78. The van der Waals surface area contributed by atoms with Crippen LogP contribution < -0.4 is 5.32 Å². The average Bonchev–Trinajstić information content (AvgIpc) is 2.73. The van der Waals surface area contributed by atoms with Crippen LogP contribution in [0, 0.1) is 17.6 Å². The van der Waals surface area contributed by atoms with Crippen molar-refractivity contribution in [3.8, 4) is 0 Å². The van der Waals surface area contributed by atoms with Crippen LogP contribution in [0.25, 0.3) is 0 Å². The number of amides is 1. The average molecular weight is 311 g/mol. The Morgan fingerprint density at radius 2 is 1.91 bits per heavy atom. The lowest BCUT2D eigenvalue weighted by molar-refractivity contribution is -0.126. The first-order valence-corrected chi connectivity index (χ1v) is 7.86. The quantitative estimate of drug-likeness (QED) is 0.839. The van der Waals surface area contributed by atoms with Gasteiger partial charge in [0.2, 0.25) is 5.91 Å². The molecule has 0 bridgehead atoms. The molecule has 0 spiro atoms. The second-order valence-corrected chi connectivity index (χ2v) is 6.30. The standard InChI is InChI=1S/C17H23F2NO2/c1-17(22,14-9-8-13(18)10-15(14)19)11-20-16(21)12-6-4-2-3-5-7-12/h8-10,12,22H,2-7,11H2,1H3,(H,20,21). The molecule has 1 unspecified atom stereocenters. The first-order valence-electron chi connectivity index (χ1n) is 7.86. The van der Waals surface area contributed by atoms with E-state index < -0.39 is 17.2 Å². The Labute approximate surface area is 129 Å². The lowest BCUT2D eigenvalue weighted by Crippen LogP contribution is -2.41. The highest BCUT2D eigenvalue weighted by Crippen LogP contribution is 2.25. The van der Waals surface area contributed by atoms with Crippen molar-refractivity contribution < 1.29 is 18.7 Å². The van der Waals surface area contributed by atoms with E-state index in [9.17, 15) is 18.7 Å². The van der Waals surface area contributed by atoms with Gasteiger partial charge in [0.05, 0.1) is 6.54 Å². The van der Waals surface area contributed by atoms with Gasteiger partial charge in [0.25, 0.3) is 0 Å². The van der Waals surface area contributed by atoms with Gasteiger partial charge < -0.3 is 10.4 Å². The predicted octanol–water partition coefficient (Wildman–Crippen LogP) is 3.26. The van der Waals surface area contributed by atoms with Crippen LogP contribution in [0.15, 0.2) is 18.2 Å². The molecule has 3 nitrogen and oxygen atoms in total. The Bertz CT molecular complexity index is 523. The van der Waals surface area contributed by atoms with Crippen LogP contribution in [0.3, 0.4) is 0 Å². The molecule has 0 aliphatic heterocycles. The van der Waals surface area contributed by atoms with Gasteiger partial charge in [-0.15, -0.1) is 0 Å². The molecule has 0 radical (unpaired) electrons. The molecule has 1 fully saturated rings. The van der Waals surface area contributed by atoms with Crippen LogP contribution >= 0.6 is 0 Å². The van der Waals surface area contributed by atoms with E-state index in [0.29, 0.717) is 0 Å². The highest BCUT2D eigenvalue weighted by atomic mass is 19.1. The molecule has 1 aromatic rings. The first-order chi connectivity index (χ1) is 10.4. The lowest BCUT2D eigenvalue weighted by atomic mass is 9.94. The second-order valence-electron chi connectivity index (χ2n) is 6.30. The summed E-state index contributed by atoms with van der Waals surface area (Å²) in [6, 6.07) is 3.04. The molecule has 2 N–H and O–H groups in total. The minimum absolute atomic E-state index is 0.0185. The minimum Gasteiger partial charge on any atom is -0.383 e. The summed E-state index contributed by atoms with van der Waals surface area (Å²) < 4.78 is 26.7. The summed E-state index contributed by atoms with van der Waals surface area (Å²) in [5.41, 5.74) is -1.59. The van der Waals surface area contributed by atoms with Crippen LogP contribution in [-0.4, -0.2) is 17.6 Å². The molecule has 1 amide bonds. The van der Waals surface area contributed by atoms with Gasteiger partial charge in [-0.05, 0) is 25.8 Å². The van der Waals surface area contributed by atoms with E-state index in [1.54, 1.807) is 0 Å². The van der Waals surface area contributed by atoms with Crippen molar-refractivity contribution in [3.63, 3.8) is 0 Å². The van der Waals surface area contributed by atoms with Gasteiger partial charge in [-0.1, -0.05) is 31.7 Å². The maximum absolute atomic E-state index is 13.8. The third-order valence-corrected chi connectivity index (χ3v) is 4.34. The van der Waals surface area contributed by atoms with Crippen LogP contribution in [0.4, 0.5) is 8.78 Å².